The van der Waals surface area contributed by atoms with E-state index in [1.807, 2.05) is 42.5 Å². The second-order valence-corrected chi connectivity index (χ2v) is 12.7. The average molecular weight is 584 g/mol. The van der Waals surface area contributed by atoms with E-state index in [-0.39, 0.29) is 12.3 Å². The number of para-hydroxylation sites is 1. The number of nitrogens with one attached hydrogen (secondary N) is 2. The number of amides is 2. The first-order valence-electron chi connectivity index (χ1n) is 14.5. The molecule has 3 atom stereocenters. The molecule has 0 spiro atoms. The smallest absolute Gasteiger partial charge is 0.249 e. The lowest BCUT2D eigenvalue weighted by atomic mass is 9.80. The zero-order chi connectivity index (χ0) is 29.1. The van der Waals surface area contributed by atoms with Gasteiger partial charge in [-0.3, -0.25) is 15.0 Å². The molecule has 1 aliphatic carbocycles. The second-order valence-electron chi connectivity index (χ2n) is 10.9. The summed E-state index contributed by atoms with van der Waals surface area (Å²) in [6.45, 7) is 0.567. The molecule has 2 aromatic rings. The van der Waals surface area contributed by atoms with Crippen molar-refractivity contribution in [1.82, 2.24) is 10.9 Å². The molecule has 1 saturated carbocycles. The van der Waals surface area contributed by atoms with Crippen LogP contribution in [0.15, 0.2) is 66.7 Å². The van der Waals surface area contributed by atoms with Gasteiger partial charge in [-0.05, 0) is 49.3 Å². The summed E-state index contributed by atoms with van der Waals surface area (Å²) in [5.41, 5.74) is 6.49. The van der Waals surface area contributed by atoms with Crippen LogP contribution in [0, 0.1) is 17.8 Å². The summed E-state index contributed by atoms with van der Waals surface area (Å²) in [5.74, 6) is -2.27. The van der Waals surface area contributed by atoms with Gasteiger partial charge in [0, 0.05) is 13.0 Å². The number of hydrogen-bond acceptors (Lipinski definition) is 6. The van der Waals surface area contributed by atoms with E-state index in [0.29, 0.717) is 25.1 Å². The number of carbonyl (C=O) groups is 2. The Hall–Kier alpha value is -3.21. The first-order valence-corrected chi connectivity index (χ1v) is 16.3. The Bertz CT molecular complexity index is 1240. The molecule has 222 valence electrons. The van der Waals surface area contributed by atoms with E-state index in [2.05, 4.69) is 10.9 Å². The number of carbonyl (C=O) groups excluding carboxylic acids is 2. The van der Waals surface area contributed by atoms with Gasteiger partial charge in [0.1, 0.15) is 0 Å². The predicted molar refractivity (Wildman–Crippen MR) is 158 cm³/mol. The lowest BCUT2D eigenvalue weighted by Gasteiger charge is -2.31. The highest BCUT2D eigenvalue weighted by Gasteiger charge is 2.37. The number of nitrogens with zero attached hydrogens (tertiary/aromatic N) is 1. The summed E-state index contributed by atoms with van der Waals surface area (Å²) < 4.78 is 31.9. The third-order valence-corrected chi connectivity index (χ3v) is 8.65. The number of benzene rings is 2. The van der Waals surface area contributed by atoms with Crippen molar-refractivity contribution in [3.8, 4) is 0 Å². The summed E-state index contributed by atoms with van der Waals surface area (Å²) in [5, 5.41) is 0. The second kappa shape index (κ2) is 15.1. The highest BCUT2D eigenvalue weighted by Crippen LogP contribution is 2.35. The minimum Gasteiger partial charge on any atom is -0.350 e. The minimum absolute atomic E-state index is 0.268. The van der Waals surface area contributed by atoms with Crippen LogP contribution in [0.4, 0.5) is 5.69 Å². The van der Waals surface area contributed by atoms with Crippen LogP contribution >= 0.6 is 0 Å². The third-order valence-electron chi connectivity index (χ3n) is 7.68. The molecule has 1 saturated heterocycles. The van der Waals surface area contributed by atoms with Crippen molar-refractivity contribution >= 4 is 33.6 Å². The standard InChI is InChI=1S/C31H41N3O6S/c1-41(37,38)34(26-18-6-3-7-19-26)32-30(35)28(23-25-15-8-9-16-25)27(20-12-17-24-13-4-2-5-14-24)31(36)33-40-29-21-10-11-22-39-29/h2-7,12-14,17-19,25,27-29H,8-11,15-16,20-23H2,1H3,(H,32,35)(H,33,36)/b17-12+/t27-,28+,29?/m0/s1. The van der Waals surface area contributed by atoms with E-state index in [0.717, 1.165) is 54.8 Å². The van der Waals surface area contributed by atoms with Crippen LogP contribution in [0.25, 0.3) is 6.08 Å². The fourth-order valence-corrected chi connectivity index (χ4v) is 6.28. The molecule has 2 fully saturated rings. The highest BCUT2D eigenvalue weighted by atomic mass is 32.2. The van der Waals surface area contributed by atoms with Gasteiger partial charge >= 0.3 is 0 Å². The minimum atomic E-state index is -3.85. The monoisotopic (exact) mass is 583 g/mol. The zero-order valence-electron chi connectivity index (χ0n) is 23.6. The molecular formula is C31H41N3O6S. The number of anilines is 1. The van der Waals surface area contributed by atoms with Gasteiger partial charge in [0.25, 0.3) is 0 Å². The third kappa shape index (κ3) is 9.41. The maximum atomic E-state index is 14.0. The number of sulfonamides is 1. The van der Waals surface area contributed by atoms with Crippen LogP contribution in [0.5, 0.6) is 0 Å². The fraction of sp³-hybridized carbons (Fsp3) is 0.484. The number of hydrogen-bond donors (Lipinski definition) is 2. The van der Waals surface area contributed by atoms with Gasteiger partial charge in [-0.25, -0.2) is 18.7 Å². The Morgan fingerprint density at radius 1 is 0.951 bits per heavy atom. The van der Waals surface area contributed by atoms with Gasteiger partial charge in [-0.1, -0.05) is 86.4 Å². The van der Waals surface area contributed by atoms with E-state index in [4.69, 9.17) is 9.57 Å². The van der Waals surface area contributed by atoms with E-state index < -0.39 is 40.0 Å². The van der Waals surface area contributed by atoms with Crippen molar-refractivity contribution in [2.24, 2.45) is 17.8 Å². The van der Waals surface area contributed by atoms with Gasteiger partial charge in [0.05, 0.1) is 23.8 Å². The SMILES string of the molecule is CS(=O)(=O)N(NC(=O)[C@H](CC1CCCC1)[C@H](C/C=C/c1ccccc1)C(=O)NOC1CCCCO1)c1ccccc1. The maximum Gasteiger partial charge on any atom is 0.249 e. The Morgan fingerprint density at radius 2 is 1.61 bits per heavy atom. The molecule has 2 N–H and O–H groups in total. The summed E-state index contributed by atoms with van der Waals surface area (Å²) in [4.78, 5) is 33.2. The van der Waals surface area contributed by atoms with Crippen molar-refractivity contribution in [3.63, 3.8) is 0 Å². The van der Waals surface area contributed by atoms with Crippen LogP contribution in [0.3, 0.4) is 0 Å². The first kappa shape index (κ1) is 30.7. The van der Waals surface area contributed by atoms with Crippen molar-refractivity contribution in [2.45, 2.75) is 64.1 Å². The topological polar surface area (TPSA) is 114 Å². The molecule has 9 nitrogen and oxygen atoms in total. The predicted octanol–water partition coefficient (Wildman–Crippen LogP) is 4.97. The lowest BCUT2D eigenvalue weighted by molar-refractivity contribution is -0.203. The Labute approximate surface area is 243 Å². The number of ether oxygens (including phenoxy) is 1. The van der Waals surface area contributed by atoms with E-state index in [1.165, 1.54) is 0 Å². The molecule has 2 aliphatic rings. The quantitative estimate of drug-likeness (QED) is 0.322. The van der Waals surface area contributed by atoms with E-state index in [1.54, 1.807) is 30.3 Å². The Morgan fingerprint density at radius 3 is 2.24 bits per heavy atom. The summed E-state index contributed by atoms with van der Waals surface area (Å²) in [6, 6.07) is 18.1. The normalized spacial score (nSPS) is 19.5. The number of hydroxylamine groups is 1. The molecule has 2 aromatic carbocycles. The van der Waals surface area contributed by atoms with Crippen molar-refractivity contribution in [3.05, 3.63) is 72.3 Å². The van der Waals surface area contributed by atoms with Crippen LogP contribution < -0.4 is 15.3 Å². The van der Waals surface area contributed by atoms with Gasteiger partial charge in [-0.2, -0.15) is 4.41 Å². The van der Waals surface area contributed by atoms with Crippen LogP contribution in [-0.4, -0.2) is 39.4 Å². The van der Waals surface area contributed by atoms with Gasteiger partial charge in [0.2, 0.25) is 21.8 Å². The van der Waals surface area contributed by atoms with Gasteiger partial charge in [-0.15, -0.1) is 0 Å². The number of allylic oxidation sites excluding steroid dienone is 1. The molecule has 41 heavy (non-hydrogen) atoms. The van der Waals surface area contributed by atoms with Crippen LogP contribution in [0.2, 0.25) is 0 Å². The van der Waals surface area contributed by atoms with Crippen molar-refractivity contribution < 1.29 is 27.6 Å². The number of hydrazine groups is 1. The van der Waals surface area contributed by atoms with Crippen molar-refractivity contribution in [1.29, 1.82) is 0 Å². The summed E-state index contributed by atoms with van der Waals surface area (Å²) in [6.07, 6.45) is 11.7. The molecule has 0 bridgehead atoms. The summed E-state index contributed by atoms with van der Waals surface area (Å²) in [7, 11) is -3.85. The molecule has 10 heteroatoms. The molecule has 0 aromatic heterocycles. The first-order chi connectivity index (χ1) is 19.8. The summed E-state index contributed by atoms with van der Waals surface area (Å²) >= 11 is 0. The lowest BCUT2D eigenvalue weighted by Crippen LogP contribution is -2.51. The van der Waals surface area contributed by atoms with Crippen LogP contribution in [-0.2, 0) is 29.2 Å². The molecule has 4 rings (SSSR count). The zero-order valence-corrected chi connectivity index (χ0v) is 24.4. The van der Waals surface area contributed by atoms with Crippen LogP contribution in [0.1, 0.15) is 63.4 Å². The largest absolute Gasteiger partial charge is 0.350 e. The average Bonchev–Trinajstić information content (AvgIpc) is 3.50. The molecule has 2 amide bonds. The Balaban J connectivity index is 1.60. The van der Waals surface area contributed by atoms with E-state index in [9.17, 15) is 18.0 Å². The van der Waals surface area contributed by atoms with Gasteiger partial charge in [0.15, 0.2) is 6.29 Å². The van der Waals surface area contributed by atoms with E-state index >= 15 is 0 Å². The molecule has 0 radical (unpaired) electrons. The Kier molecular flexibility index (Phi) is 11.4. The molecule has 1 unspecified atom stereocenters. The molecular weight excluding hydrogens is 542 g/mol. The number of rotatable bonds is 13. The highest BCUT2D eigenvalue weighted by molar-refractivity contribution is 7.92. The molecule has 1 aliphatic heterocycles. The molecule has 1 heterocycles. The van der Waals surface area contributed by atoms with Crippen molar-refractivity contribution in [2.75, 3.05) is 17.3 Å². The maximum absolute atomic E-state index is 14.0. The van der Waals surface area contributed by atoms with Gasteiger partial charge < -0.3 is 4.74 Å². The fourth-order valence-electron chi connectivity index (χ4n) is 5.52.